The Morgan fingerprint density at radius 2 is 1.39 bits per heavy atom. The van der Waals surface area contributed by atoms with E-state index in [1.54, 1.807) is 30.3 Å². The van der Waals surface area contributed by atoms with E-state index in [2.05, 4.69) is 11.8 Å². The molecule has 0 bridgehead atoms. The van der Waals surface area contributed by atoms with Crippen LogP contribution >= 0.6 is 0 Å². The summed E-state index contributed by atoms with van der Waals surface area (Å²) >= 11 is 0. The number of carbonyl (C=O) groups excluding carboxylic acids is 1. The number of hydrogen-bond donors (Lipinski definition) is 0. The predicted octanol–water partition coefficient (Wildman–Crippen LogP) is 4.46. The molecule has 2 heteroatoms. The van der Waals surface area contributed by atoms with Gasteiger partial charge in [0.15, 0.2) is 5.78 Å². The summed E-state index contributed by atoms with van der Waals surface area (Å²) in [5, 5.41) is 0. The summed E-state index contributed by atoms with van der Waals surface area (Å²) in [6.07, 6.45) is 0. The molecule has 1 nitrogen and oxygen atoms in total. The van der Waals surface area contributed by atoms with Gasteiger partial charge in [-0.05, 0) is 36.4 Å². The first-order chi connectivity index (χ1) is 11.2. The highest BCUT2D eigenvalue weighted by Gasteiger charge is 2.11. The lowest BCUT2D eigenvalue weighted by Crippen LogP contribution is -2.03. The Kier molecular flexibility index (Phi) is 4.31. The molecule has 0 fully saturated rings. The van der Waals surface area contributed by atoms with E-state index in [1.165, 1.54) is 12.1 Å². The first-order valence-electron chi connectivity index (χ1n) is 7.20. The fourth-order valence-electron chi connectivity index (χ4n) is 2.21. The topological polar surface area (TPSA) is 17.1 Å². The maximum Gasteiger partial charge on any atom is 0.194 e. The first kappa shape index (κ1) is 14.7. The molecule has 0 aliphatic rings. The summed E-state index contributed by atoms with van der Waals surface area (Å²) in [5.74, 6) is 5.62. The molecule has 0 amide bonds. The third-order valence-corrected chi connectivity index (χ3v) is 3.39. The molecule has 0 saturated heterocycles. The quantitative estimate of drug-likeness (QED) is 0.504. The Hall–Kier alpha value is -3.18. The van der Waals surface area contributed by atoms with Crippen LogP contribution in [-0.4, -0.2) is 5.78 Å². The Morgan fingerprint density at radius 1 is 0.739 bits per heavy atom. The number of benzene rings is 3. The van der Waals surface area contributed by atoms with E-state index in [0.717, 1.165) is 0 Å². The normalized spacial score (nSPS) is 9.78. The minimum atomic E-state index is -0.296. The van der Waals surface area contributed by atoms with Gasteiger partial charge in [-0.1, -0.05) is 54.3 Å². The molecule has 23 heavy (non-hydrogen) atoms. The highest BCUT2D eigenvalue weighted by Crippen LogP contribution is 2.14. The number of rotatable bonds is 2. The van der Waals surface area contributed by atoms with Crippen LogP contribution in [0.3, 0.4) is 0 Å². The van der Waals surface area contributed by atoms with Gasteiger partial charge in [0.1, 0.15) is 5.82 Å². The SMILES string of the molecule is O=C(c1ccccc1)c1ccccc1C#Cc1ccc(F)cc1. The van der Waals surface area contributed by atoms with E-state index in [-0.39, 0.29) is 11.6 Å². The zero-order valence-electron chi connectivity index (χ0n) is 12.3. The molecule has 0 N–H and O–H groups in total. The second-order valence-corrected chi connectivity index (χ2v) is 5.00. The summed E-state index contributed by atoms with van der Waals surface area (Å²) in [4.78, 5) is 12.6. The van der Waals surface area contributed by atoms with Crippen LogP contribution in [0.4, 0.5) is 4.39 Å². The van der Waals surface area contributed by atoms with Crippen molar-refractivity contribution in [1.29, 1.82) is 0 Å². The summed E-state index contributed by atoms with van der Waals surface area (Å²) < 4.78 is 12.9. The van der Waals surface area contributed by atoms with E-state index in [4.69, 9.17) is 0 Å². The van der Waals surface area contributed by atoms with E-state index in [1.807, 2.05) is 36.4 Å². The van der Waals surface area contributed by atoms with Gasteiger partial charge in [-0.25, -0.2) is 4.39 Å². The van der Waals surface area contributed by atoms with E-state index in [0.29, 0.717) is 22.3 Å². The van der Waals surface area contributed by atoms with Crippen LogP contribution in [0.25, 0.3) is 0 Å². The lowest BCUT2D eigenvalue weighted by molar-refractivity contribution is 0.103. The van der Waals surface area contributed by atoms with Gasteiger partial charge in [-0.2, -0.15) is 0 Å². The van der Waals surface area contributed by atoms with Gasteiger partial charge in [0.2, 0.25) is 0 Å². The van der Waals surface area contributed by atoms with Crippen LogP contribution in [0.15, 0.2) is 78.9 Å². The molecule has 0 radical (unpaired) electrons. The van der Waals surface area contributed by atoms with Crippen molar-refractivity contribution in [2.24, 2.45) is 0 Å². The highest BCUT2D eigenvalue weighted by molar-refractivity contribution is 6.10. The summed E-state index contributed by atoms with van der Waals surface area (Å²) in [6.45, 7) is 0. The Labute approximate surface area is 134 Å². The van der Waals surface area contributed by atoms with Gasteiger partial charge in [-0.15, -0.1) is 0 Å². The molecule has 0 unspecified atom stereocenters. The largest absolute Gasteiger partial charge is 0.289 e. The lowest BCUT2D eigenvalue weighted by atomic mass is 9.98. The summed E-state index contributed by atoms with van der Waals surface area (Å²) in [7, 11) is 0. The van der Waals surface area contributed by atoms with Gasteiger partial charge in [-0.3, -0.25) is 4.79 Å². The third kappa shape index (κ3) is 3.53. The van der Waals surface area contributed by atoms with Gasteiger partial charge < -0.3 is 0 Å². The van der Waals surface area contributed by atoms with Gasteiger partial charge in [0.25, 0.3) is 0 Å². The lowest BCUT2D eigenvalue weighted by Gasteiger charge is -2.03. The smallest absolute Gasteiger partial charge is 0.194 e. The van der Waals surface area contributed by atoms with Crippen molar-refractivity contribution >= 4 is 5.78 Å². The van der Waals surface area contributed by atoms with Crippen LogP contribution in [0.5, 0.6) is 0 Å². The molecule has 0 spiro atoms. The molecule has 110 valence electrons. The Morgan fingerprint density at radius 3 is 2.13 bits per heavy atom. The van der Waals surface area contributed by atoms with Crippen LogP contribution < -0.4 is 0 Å². The van der Waals surface area contributed by atoms with E-state index < -0.39 is 0 Å². The second kappa shape index (κ2) is 6.72. The van der Waals surface area contributed by atoms with Gasteiger partial charge in [0, 0.05) is 22.3 Å². The maximum absolute atomic E-state index is 12.9. The fraction of sp³-hybridized carbons (Fsp3) is 0. The molecule has 3 aromatic carbocycles. The number of hydrogen-bond acceptors (Lipinski definition) is 1. The summed E-state index contributed by atoms with van der Waals surface area (Å²) in [6, 6.07) is 22.3. The number of carbonyl (C=O) groups is 1. The highest BCUT2D eigenvalue weighted by atomic mass is 19.1. The van der Waals surface area contributed by atoms with Crippen molar-refractivity contribution in [3.8, 4) is 11.8 Å². The Bertz CT molecular complexity index is 884. The van der Waals surface area contributed by atoms with Crippen molar-refractivity contribution < 1.29 is 9.18 Å². The van der Waals surface area contributed by atoms with Crippen molar-refractivity contribution in [1.82, 2.24) is 0 Å². The molecular weight excluding hydrogens is 287 g/mol. The maximum atomic E-state index is 12.9. The summed E-state index contributed by atoms with van der Waals surface area (Å²) in [5.41, 5.74) is 2.55. The number of ketones is 1. The van der Waals surface area contributed by atoms with Crippen LogP contribution in [0, 0.1) is 17.7 Å². The standard InChI is InChI=1S/C21H13FO/c22-19-14-11-16(12-15-19)10-13-17-6-4-5-9-20(17)21(23)18-7-2-1-3-8-18/h1-9,11-12,14-15H. The molecule has 3 aromatic rings. The number of halogens is 1. The molecule has 3 rings (SSSR count). The van der Waals surface area contributed by atoms with Crippen molar-refractivity contribution in [3.05, 3.63) is 107 Å². The van der Waals surface area contributed by atoms with Gasteiger partial charge in [0.05, 0.1) is 0 Å². The minimum Gasteiger partial charge on any atom is -0.289 e. The van der Waals surface area contributed by atoms with Crippen molar-refractivity contribution in [3.63, 3.8) is 0 Å². The van der Waals surface area contributed by atoms with Crippen molar-refractivity contribution in [2.45, 2.75) is 0 Å². The molecule has 0 heterocycles. The third-order valence-electron chi connectivity index (χ3n) is 3.39. The average Bonchev–Trinajstić information content (AvgIpc) is 2.62. The molecule has 0 aliphatic carbocycles. The second-order valence-electron chi connectivity index (χ2n) is 5.00. The van der Waals surface area contributed by atoms with E-state index in [9.17, 15) is 9.18 Å². The van der Waals surface area contributed by atoms with Gasteiger partial charge >= 0.3 is 0 Å². The molecule has 0 atom stereocenters. The predicted molar refractivity (Wildman–Crippen MR) is 88.7 cm³/mol. The molecule has 0 aliphatic heterocycles. The zero-order valence-corrected chi connectivity index (χ0v) is 12.3. The van der Waals surface area contributed by atoms with Crippen LogP contribution in [0.1, 0.15) is 27.0 Å². The van der Waals surface area contributed by atoms with Crippen LogP contribution in [-0.2, 0) is 0 Å². The van der Waals surface area contributed by atoms with E-state index >= 15 is 0 Å². The molecule has 0 saturated carbocycles. The average molecular weight is 300 g/mol. The fourth-order valence-corrected chi connectivity index (χ4v) is 2.21. The monoisotopic (exact) mass is 300 g/mol. The zero-order chi connectivity index (χ0) is 16.1. The molecule has 0 aromatic heterocycles. The van der Waals surface area contributed by atoms with Crippen molar-refractivity contribution in [2.75, 3.05) is 0 Å². The first-order valence-corrected chi connectivity index (χ1v) is 7.20. The Balaban J connectivity index is 1.96. The van der Waals surface area contributed by atoms with Crippen LogP contribution in [0.2, 0.25) is 0 Å². The minimum absolute atomic E-state index is 0.0605. The molecular formula is C21H13FO.